The molecule has 0 fully saturated rings. The second-order valence-electron chi connectivity index (χ2n) is 2.33. The molecular weight excluding hydrogens is 141 g/mol. The summed E-state index contributed by atoms with van der Waals surface area (Å²) in [6.45, 7) is 1.72. The van der Waals surface area contributed by atoms with Crippen molar-refractivity contribution in [1.82, 2.24) is 0 Å². The van der Waals surface area contributed by atoms with E-state index < -0.39 is 12.6 Å². The van der Waals surface area contributed by atoms with Crippen LogP contribution in [0.5, 0.6) is 0 Å². The van der Waals surface area contributed by atoms with Gasteiger partial charge in [0, 0.05) is 6.42 Å². The van der Waals surface area contributed by atoms with E-state index in [2.05, 4.69) is 0 Å². The second kappa shape index (κ2) is 5.57. The van der Waals surface area contributed by atoms with Crippen LogP contribution in [0.15, 0.2) is 0 Å². The van der Waals surface area contributed by atoms with Crippen LogP contribution in [0.1, 0.15) is 32.6 Å². The normalized spacial score (nSPS) is 14.1. The van der Waals surface area contributed by atoms with Crippen LogP contribution in [-0.2, 0) is 0 Å². The van der Waals surface area contributed by atoms with Crippen molar-refractivity contribution < 1.29 is 13.2 Å². The number of hydrogen-bond donors (Lipinski definition) is 0. The maximum atomic E-state index is 12.3. The Morgan fingerprint density at radius 1 is 1.10 bits per heavy atom. The van der Waals surface area contributed by atoms with E-state index in [-0.39, 0.29) is 12.8 Å². The Bertz CT molecular complexity index is 73.3. The van der Waals surface area contributed by atoms with Crippen molar-refractivity contribution in [3.05, 3.63) is 0 Å². The SMILES string of the molecule is CC[C@H](F)CCCC(F)F. The highest BCUT2D eigenvalue weighted by atomic mass is 19.3. The zero-order valence-electron chi connectivity index (χ0n) is 6.12. The standard InChI is InChI=1S/C7H13F3/c1-2-6(8)4-3-5-7(9)10/h6-7H,2-5H2,1H3/t6-/m0/s1. The van der Waals surface area contributed by atoms with Crippen LogP contribution >= 0.6 is 0 Å². The first-order chi connectivity index (χ1) is 4.66. The van der Waals surface area contributed by atoms with Crippen LogP contribution in [0.2, 0.25) is 0 Å². The molecule has 0 aliphatic carbocycles. The summed E-state index contributed by atoms with van der Waals surface area (Å²) < 4.78 is 35.3. The Hall–Kier alpha value is -0.210. The average molecular weight is 154 g/mol. The molecule has 0 unspecified atom stereocenters. The van der Waals surface area contributed by atoms with Gasteiger partial charge in [-0.15, -0.1) is 0 Å². The van der Waals surface area contributed by atoms with E-state index in [1.165, 1.54) is 0 Å². The van der Waals surface area contributed by atoms with E-state index in [1.54, 1.807) is 6.92 Å². The molecule has 0 aliphatic rings. The van der Waals surface area contributed by atoms with Gasteiger partial charge in [0.15, 0.2) is 0 Å². The van der Waals surface area contributed by atoms with Gasteiger partial charge in [0.05, 0.1) is 6.17 Å². The van der Waals surface area contributed by atoms with Crippen molar-refractivity contribution in [1.29, 1.82) is 0 Å². The molecule has 0 aliphatic heterocycles. The quantitative estimate of drug-likeness (QED) is 0.570. The van der Waals surface area contributed by atoms with Crippen LogP contribution in [0.3, 0.4) is 0 Å². The molecule has 0 radical (unpaired) electrons. The molecule has 0 saturated heterocycles. The zero-order valence-corrected chi connectivity index (χ0v) is 6.12. The predicted octanol–water partition coefficient (Wildman–Crippen LogP) is 3.17. The summed E-state index contributed by atoms with van der Waals surface area (Å²) in [4.78, 5) is 0. The van der Waals surface area contributed by atoms with E-state index in [1.807, 2.05) is 0 Å². The van der Waals surface area contributed by atoms with Crippen molar-refractivity contribution in [2.24, 2.45) is 0 Å². The van der Waals surface area contributed by atoms with Gasteiger partial charge in [-0.25, -0.2) is 13.2 Å². The highest BCUT2D eigenvalue weighted by Crippen LogP contribution is 2.11. The van der Waals surface area contributed by atoms with E-state index >= 15 is 0 Å². The van der Waals surface area contributed by atoms with Gasteiger partial charge in [-0.1, -0.05) is 6.92 Å². The van der Waals surface area contributed by atoms with Gasteiger partial charge in [-0.05, 0) is 19.3 Å². The highest BCUT2D eigenvalue weighted by molar-refractivity contribution is 4.53. The van der Waals surface area contributed by atoms with Gasteiger partial charge >= 0.3 is 0 Å². The molecule has 0 spiro atoms. The molecule has 0 amide bonds. The molecule has 10 heavy (non-hydrogen) atoms. The lowest BCUT2D eigenvalue weighted by atomic mass is 10.1. The van der Waals surface area contributed by atoms with E-state index in [9.17, 15) is 13.2 Å². The van der Waals surface area contributed by atoms with Gasteiger partial charge in [0.1, 0.15) is 0 Å². The van der Waals surface area contributed by atoms with E-state index in [0.717, 1.165) is 0 Å². The smallest absolute Gasteiger partial charge is 0.238 e. The highest BCUT2D eigenvalue weighted by Gasteiger charge is 2.06. The maximum absolute atomic E-state index is 12.3. The summed E-state index contributed by atoms with van der Waals surface area (Å²) in [5.41, 5.74) is 0. The number of hydrogen-bond acceptors (Lipinski definition) is 0. The van der Waals surface area contributed by atoms with Gasteiger partial charge in [0.2, 0.25) is 6.43 Å². The van der Waals surface area contributed by atoms with Crippen LogP contribution in [0.25, 0.3) is 0 Å². The Balaban J connectivity index is 3.03. The summed E-state index contributed by atoms with van der Waals surface area (Å²) in [5.74, 6) is 0. The molecule has 62 valence electrons. The van der Waals surface area contributed by atoms with Crippen LogP contribution in [0.4, 0.5) is 13.2 Å². The largest absolute Gasteiger partial charge is 0.248 e. The average Bonchev–Trinajstić information content (AvgIpc) is 1.87. The summed E-state index contributed by atoms with van der Waals surface area (Å²) in [5, 5.41) is 0. The minimum Gasteiger partial charge on any atom is -0.248 e. The fourth-order valence-electron chi connectivity index (χ4n) is 0.698. The third kappa shape index (κ3) is 5.92. The molecule has 0 N–H and O–H groups in total. The fourth-order valence-corrected chi connectivity index (χ4v) is 0.698. The molecule has 0 rings (SSSR count). The Kier molecular flexibility index (Phi) is 5.45. The Labute approximate surface area is 59.4 Å². The topological polar surface area (TPSA) is 0 Å². The monoisotopic (exact) mass is 154 g/mol. The van der Waals surface area contributed by atoms with Gasteiger partial charge in [-0.3, -0.25) is 0 Å². The van der Waals surface area contributed by atoms with Crippen LogP contribution in [0, 0.1) is 0 Å². The molecule has 0 saturated carbocycles. The summed E-state index contributed by atoms with van der Waals surface area (Å²) >= 11 is 0. The molecule has 0 aromatic rings. The van der Waals surface area contributed by atoms with Crippen molar-refractivity contribution in [3.63, 3.8) is 0 Å². The lowest BCUT2D eigenvalue weighted by Gasteiger charge is -2.02. The zero-order chi connectivity index (χ0) is 7.98. The van der Waals surface area contributed by atoms with Crippen molar-refractivity contribution >= 4 is 0 Å². The molecule has 0 heterocycles. The predicted molar refractivity (Wildman–Crippen MR) is 35.0 cm³/mol. The number of halogens is 3. The number of alkyl halides is 3. The summed E-state index contributed by atoms with van der Waals surface area (Å²) in [6, 6.07) is 0. The van der Waals surface area contributed by atoms with Crippen LogP contribution < -0.4 is 0 Å². The van der Waals surface area contributed by atoms with Crippen molar-refractivity contribution in [3.8, 4) is 0 Å². The molecule has 3 heteroatoms. The first kappa shape index (κ1) is 9.79. The Morgan fingerprint density at radius 3 is 2.10 bits per heavy atom. The number of rotatable bonds is 5. The van der Waals surface area contributed by atoms with Gasteiger partial charge < -0.3 is 0 Å². The van der Waals surface area contributed by atoms with Crippen LogP contribution in [-0.4, -0.2) is 12.6 Å². The fraction of sp³-hybridized carbons (Fsp3) is 1.00. The lowest BCUT2D eigenvalue weighted by Crippen LogP contribution is -1.99. The first-order valence-corrected chi connectivity index (χ1v) is 3.59. The minimum atomic E-state index is -2.27. The summed E-state index contributed by atoms with van der Waals surface area (Å²) in [7, 11) is 0. The van der Waals surface area contributed by atoms with Gasteiger partial charge in [-0.2, -0.15) is 0 Å². The molecule has 1 atom stereocenters. The third-order valence-corrected chi connectivity index (χ3v) is 1.38. The lowest BCUT2D eigenvalue weighted by molar-refractivity contribution is 0.129. The van der Waals surface area contributed by atoms with E-state index in [4.69, 9.17) is 0 Å². The first-order valence-electron chi connectivity index (χ1n) is 3.59. The minimum absolute atomic E-state index is 0.166. The third-order valence-electron chi connectivity index (χ3n) is 1.38. The molecule has 0 bridgehead atoms. The summed E-state index contributed by atoms with van der Waals surface area (Å²) in [6.07, 6.45) is -2.32. The Morgan fingerprint density at radius 2 is 1.70 bits per heavy atom. The van der Waals surface area contributed by atoms with Crippen molar-refractivity contribution in [2.75, 3.05) is 0 Å². The van der Waals surface area contributed by atoms with Crippen molar-refractivity contribution in [2.45, 2.75) is 45.2 Å². The second-order valence-corrected chi connectivity index (χ2v) is 2.33. The van der Waals surface area contributed by atoms with Gasteiger partial charge in [0.25, 0.3) is 0 Å². The molecular formula is C7H13F3. The van der Waals surface area contributed by atoms with E-state index in [0.29, 0.717) is 12.8 Å². The molecule has 0 aromatic heterocycles. The maximum Gasteiger partial charge on any atom is 0.238 e. The molecule has 0 nitrogen and oxygen atoms in total. The molecule has 0 aromatic carbocycles.